The molecule has 1 amide bonds. The fraction of sp³-hybridized carbons (Fsp3) is 0.143. The van der Waals surface area contributed by atoms with Crippen LogP contribution in [0.2, 0.25) is 0 Å². The Hall–Kier alpha value is -2.34. The molecule has 0 aliphatic heterocycles. The third-order valence-electron chi connectivity index (χ3n) is 2.89. The Morgan fingerprint density at radius 2 is 2.30 bits per heavy atom. The molecule has 20 heavy (non-hydrogen) atoms. The standard InChI is InChI=1S/C14H12N2O3S/c1-9-12(7-16-19-9)14(17)15-6-11-2-3-13(18-11)10-4-5-20-8-10/h2-5,7-8H,6H2,1H3,(H,15,17). The van der Waals surface area contributed by atoms with E-state index in [2.05, 4.69) is 10.5 Å². The predicted molar refractivity (Wildman–Crippen MR) is 74.4 cm³/mol. The van der Waals surface area contributed by atoms with Crippen LogP contribution in [0.25, 0.3) is 11.3 Å². The summed E-state index contributed by atoms with van der Waals surface area (Å²) in [6, 6.07) is 5.74. The molecule has 0 aromatic carbocycles. The summed E-state index contributed by atoms with van der Waals surface area (Å²) in [5, 5.41) is 10.4. The van der Waals surface area contributed by atoms with Crippen LogP contribution in [0, 0.1) is 6.92 Å². The molecule has 3 aromatic rings. The summed E-state index contributed by atoms with van der Waals surface area (Å²) >= 11 is 1.61. The highest BCUT2D eigenvalue weighted by atomic mass is 32.1. The molecule has 6 heteroatoms. The summed E-state index contributed by atoms with van der Waals surface area (Å²) in [6.45, 7) is 2.02. The number of aryl methyl sites for hydroxylation is 1. The second kappa shape index (κ2) is 5.34. The molecule has 0 unspecified atom stereocenters. The Morgan fingerprint density at radius 3 is 3.00 bits per heavy atom. The van der Waals surface area contributed by atoms with Crippen molar-refractivity contribution in [3.8, 4) is 11.3 Å². The van der Waals surface area contributed by atoms with Gasteiger partial charge in [0.2, 0.25) is 0 Å². The lowest BCUT2D eigenvalue weighted by atomic mass is 10.2. The Balaban J connectivity index is 1.65. The molecule has 3 heterocycles. The molecule has 102 valence electrons. The second-order valence-corrected chi connectivity index (χ2v) is 5.04. The number of carbonyl (C=O) groups excluding carboxylic acids is 1. The van der Waals surface area contributed by atoms with E-state index in [1.165, 1.54) is 6.20 Å². The van der Waals surface area contributed by atoms with Gasteiger partial charge in [-0.05, 0) is 30.5 Å². The number of hydrogen-bond donors (Lipinski definition) is 1. The second-order valence-electron chi connectivity index (χ2n) is 4.26. The van der Waals surface area contributed by atoms with Crippen molar-refractivity contribution < 1.29 is 13.7 Å². The number of nitrogens with one attached hydrogen (secondary N) is 1. The lowest BCUT2D eigenvalue weighted by molar-refractivity contribution is 0.0946. The van der Waals surface area contributed by atoms with E-state index in [0.29, 0.717) is 23.6 Å². The average Bonchev–Trinajstić information content (AvgIpc) is 3.16. The van der Waals surface area contributed by atoms with E-state index >= 15 is 0 Å². The highest BCUT2D eigenvalue weighted by molar-refractivity contribution is 7.08. The Labute approximate surface area is 119 Å². The van der Waals surface area contributed by atoms with Gasteiger partial charge >= 0.3 is 0 Å². The van der Waals surface area contributed by atoms with Crippen molar-refractivity contribution in [1.29, 1.82) is 0 Å². The molecule has 0 aliphatic carbocycles. The molecule has 0 saturated carbocycles. The number of carbonyl (C=O) groups is 1. The lowest BCUT2D eigenvalue weighted by Gasteiger charge is -2.01. The fourth-order valence-electron chi connectivity index (χ4n) is 1.81. The highest BCUT2D eigenvalue weighted by Crippen LogP contribution is 2.24. The first-order valence-corrected chi connectivity index (χ1v) is 6.99. The van der Waals surface area contributed by atoms with Gasteiger partial charge in [-0.1, -0.05) is 5.16 Å². The number of aromatic nitrogens is 1. The molecule has 0 atom stereocenters. The third-order valence-corrected chi connectivity index (χ3v) is 3.57. The minimum Gasteiger partial charge on any atom is -0.459 e. The van der Waals surface area contributed by atoms with Gasteiger partial charge in [-0.15, -0.1) is 0 Å². The van der Waals surface area contributed by atoms with Gasteiger partial charge < -0.3 is 14.3 Å². The summed E-state index contributed by atoms with van der Waals surface area (Å²) in [4.78, 5) is 11.9. The SMILES string of the molecule is Cc1oncc1C(=O)NCc1ccc(-c2ccsc2)o1. The van der Waals surface area contributed by atoms with Crippen LogP contribution >= 0.6 is 11.3 Å². The van der Waals surface area contributed by atoms with Crippen molar-refractivity contribution in [2.45, 2.75) is 13.5 Å². The molecule has 0 fully saturated rings. The number of thiophene rings is 1. The van der Waals surface area contributed by atoms with Crippen molar-refractivity contribution in [1.82, 2.24) is 10.5 Å². The smallest absolute Gasteiger partial charge is 0.256 e. The average molecular weight is 288 g/mol. The molecule has 0 bridgehead atoms. The lowest BCUT2D eigenvalue weighted by Crippen LogP contribution is -2.22. The maximum atomic E-state index is 11.9. The number of rotatable bonds is 4. The van der Waals surface area contributed by atoms with Gasteiger partial charge in [0, 0.05) is 10.9 Å². The van der Waals surface area contributed by atoms with Gasteiger partial charge in [-0.3, -0.25) is 4.79 Å². The fourth-order valence-corrected chi connectivity index (χ4v) is 2.46. The van der Waals surface area contributed by atoms with E-state index in [4.69, 9.17) is 8.94 Å². The van der Waals surface area contributed by atoms with Gasteiger partial charge in [0.25, 0.3) is 5.91 Å². The van der Waals surface area contributed by atoms with Crippen molar-refractivity contribution in [2.24, 2.45) is 0 Å². The zero-order chi connectivity index (χ0) is 13.9. The molecular formula is C14H12N2O3S. The number of furan rings is 1. The zero-order valence-electron chi connectivity index (χ0n) is 10.8. The molecule has 5 nitrogen and oxygen atoms in total. The molecule has 3 aromatic heterocycles. The summed E-state index contributed by atoms with van der Waals surface area (Å²) in [5.74, 6) is 1.78. The first kappa shape index (κ1) is 12.7. The molecule has 0 spiro atoms. The van der Waals surface area contributed by atoms with Crippen LogP contribution < -0.4 is 5.32 Å². The van der Waals surface area contributed by atoms with Crippen LogP contribution in [0.15, 0.2) is 44.1 Å². The van der Waals surface area contributed by atoms with Crippen molar-refractivity contribution >= 4 is 17.2 Å². The monoisotopic (exact) mass is 288 g/mol. The summed E-state index contributed by atoms with van der Waals surface area (Å²) < 4.78 is 10.5. The van der Waals surface area contributed by atoms with Gasteiger partial charge in [0.1, 0.15) is 22.8 Å². The summed E-state index contributed by atoms with van der Waals surface area (Å²) in [5.41, 5.74) is 1.48. The topological polar surface area (TPSA) is 68.3 Å². The minimum absolute atomic E-state index is 0.225. The van der Waals surface area contributed by atoms with Crippen LogP contribution in [0.1, 0.15) is 21.9 Å². The normalized spacial score (nSPS) is 10.7. The maximum Gasteiger partial charge on any atom is 0.256 e. The van der Waals surface area contributed by atoms with Crippen molar-refractivity contribution in [3.05, 3.63) is 52.2 Å². The Bertz CT molecular complexity index is 712. The molecular weight excluding hydrogens is 276 g/mol. The minimum atomic E-state index is -0.225. The van der Waals surface area contributed by atoms with Gasteiger partial charge in [-0.2, -0.15) is 11.3 Å². The number of amides is 1. The molecule has 0 aliphatic rings. The number of hydrogen-bond acceptors (Lipinski definition) is 5. The first-order valence-electron chi connectivity index (χ1n) is 6.05. The van der Waals surface area contributed by atoms with Crippen molar-refractivity contribution in [2.75, 3.05) is 0 Å². The van der Waals surface area contributed by atoms with Crippen LogP contribution in [0.3, 0.4) is 0 Å². The highest BCUT2D eigenvalue weighted by Gasteiger charge is 2.13. The largest absolute Gasteiger partial charge is 0.459 e. The molecule has 0 saturated heterocycles. The summed E-state index contributed by atoms with van der Waals surface area (Å²) in [7, 11) is 0. The van der Waals surface area contributed by atoms with E-state index in [1.807, 2.05) is 29.0 Å². The first-order chi connectivity index (χ1) is 9.74. The maximum absolute atomic E-state index is 11.9. The van der Waals surface area contributed by atoms with Crippen molar-refractivity contribution in [3.63, 3.8) is 0 Å². The quantitative estimate of drug-likeness (QED) is 0.800. The van der Waals surface area contributed by atoms with Crippen LogP contribution in [-0.4, -0.2) is 11.1 Å². The van der Waals surface area contributed by atoms with E-state index in [0.717, 1.165) is 11.3 Å². The van der Waals surface area contributed by atoms with Crippen LogP contribution in [-0.2, 0) is 6.54 Å². The molecule has 0 radical (unpaired) electrons. The van der Waals surface area contributed by atoms with E-state index in [1.54, 1.807) is 18.3 Å². The zero-order valence-corrected chi connectivity index (χ0v) is 11.6. The predicted octanol–water partition coefficient (Wildman–Crippen LogP) is 3.23. The van der Waals surface area contributed by atoms with E-state index in [-0.39, 0.29) is 5.91 Å². The summed E-state index contributed by atoms with van der Waals surface area (Å²) in [6.07, 6.45) is 1.41. The van der Waals surface area contributed by atoms with Gasteiger partial charge in [0.05, 0.1) is 12.7 Å². The van der Waals surface area contributed by atoms with Crippen LogP contribution in [0.4, 0.5) is 0 Å². The molecule has 1 N–H and O–H groups in total. The van der Waals surface area contributed by atoms with Gasteiger partial charge in [0.15, 0.2) is 0 Å². The third kappa shape index (κ3) is 2.50. The van der Waals surface area contributed by atoms with E-state index < -0.39 is 0 Å². The Kier molecular flexibility index (Phi) is 3.39. The van der Waals surface area contributed by atoms with Gasteiger partial charge in [-0.25, -0.2) is 0 Å². The van der Waals surface area contributed by atoms with E-state index in [9.17, 15) is 4.79 Å². The molecule has 3 rings (SSSR count). The number of nitrogens with zero attached hydrogens (tertiary/aromatic N) is 1. The van der Waals surface area contributed by atoms with Crippen LogP contribution in [0.5, 0.6) is 0 Å². The Morgan fingerprint density at radius 1 is 1.40 bits per heavy atom.